The molecule has 1 rings (SSSR count). The number of nitrogen functional groups attached to an aromatic ring is 1. The number of rotatable bonds is 7. The quantitative estimate of drug-likeness (QED) is 0.783. The summed E-state index contributed by atoms with van der Waals surface area (Å²) in [5.74, 6) is 0. The van der Waals surface area contributed by atoms with Gasteiger partial charge in [-0.05, 0) is 36.1 Å². The summed E-state index contributed by atoms with van der Waals surface area (Å²) in [4.78, 5) is 0.279. The zero-order valence-corrected chi connectivity index (χ0v) is 13.7. The molecule has 0 spiro atoms. The lowest BCUT2D eigenvalue weighted by Crippen LogP contribution is -2.32. The summed E-state index contributed by atoms with van der Waals surface area (Å²) in [6, 6.07) is 5.53. The predicted octanol–water partition coefficient (Wildman–Crippen LogP) is 2.32. The van der Waals surface area contributed by atoms with Crippen molar-refractivity contribution in [2.45, 2.75) is 44.9 Å². The van der Waals surface area contributed by atoms with Gasteiger partial charge in [0.2, 0.25) is 10.0 Å². The second-order valence-electron chi connectivity index (χ2n) is 4.77. The van der Waals surface area contributed by atoms with Crippen LogP contribution in [0, 0.1) is 11.3 Å². The Morgan fingerprint density at radius 1 is 1.24 bits per heavy atom. The maximum Gasteiger partial charge on any atom is 0.243 e. The fourth-order valence-corrected chi connectivity index (χ4v) is 4.12. The number of sulfonamides is 1. The van der Waals surface area contributed by atoms with Gasteiger partial charge in [0, 0.05) is 25.2 Å². The van der Waals surface area contributed by atoms with E-state index in [1.165, 1.54) is 4.31 Å². The summed E-state index contributed by atoms with van der Waals surface area (Å²) >= 11 is 0. The van der Waals surface area contributed by atoms with Crippen molar-refractivity contribution in [3.05, 3.63) is 23.3 Å². The van der Waals surface area contributed by atoms with Crippen LogP contribution in [0.4, 0.5) is 5.69 Å². The molecule has 0 radical (unpaired) electrons. The number of nitrogens with two attached hydrogens (primary N) is 1. The van der Waals surface area contributed by atoms with E-state index in [4.69, 9.17) is 11.0 Å². The molecule has 0 aliphatic carbocycles. The molecule has 21 heavy (non-hydrogen) atoms. The largest absolute Gasteiger partial charge is 0.398 e. The van der Waals surface area contributed by atoms with Gasteiger partial charge >= 0.3 is 0 Å². The van der Waals surface area contributed by atoms with Crippen LogP contribution in [-0.4, -0.2) is 25.8 Å². The number of hydrogen-bond donors (Lipinski definition) is 1. The number of hydrogen-bond acceptors (Lipinski definition) is 4. The molecule has 116 valence electrons. The molecular formula is C15H23N3O2S. The van der Waals surface area contributed by atoms with Crippen molar-refractivity contribution in [3.8, 4) is 6.07 Å². The highest BCUT2D eigenvalue weighted by atomic mass is 32.2. The molecule has 5 nitrogen and oxygen atoms in total. The van der Waals surface area contributed by atoms with Gasteiger partial charge in [-0.15, -0.1) is 0 Å². The van der Waals surface area contributed by atoms with Crippen LogP contribution >= 0.6 is 0 Å². The van der Waals surface area contributed by atoms with Crippen LogP contribution in [-0.2, 0) is 22.9 Å². The molecule has 0 aliphatic heterocycles. The molecule has 0 aromatic heterocycles. The van der Waals surface area contributed by atoms with Crippen LogP contribution in [0.2, 0.25) is 0 Å². The first-order valence-corrected chi connectivity index (χ1v) is 8.64. The van der Waals surface area contributed by atoms with Gasteiger partial charge in [0.1, 0.15) is 0 Å². The summed E-state index contributed by atoms with van der Waals surface area (Å²) in [6.45, 7) is 6.16. The Morgan fingerprint density at radius 2 is 1.90 bits per heavy atom. The third-order valence-electron chi connectivity index (χ3n) is 3.51. The van der Waals surface area contributed by atoms with Gasteiger partial charge in [0.15, 0.2) is 0 Å². The van der Waals surface area contributed by atoms with E-state index in [0.717, 1.165) is 12.0 Å². The van der Waals surface area contributed by atoms with Crippen LogP contribution in [0.3, 0.4) is 0 Å². The first kappa shape index (κ1) is 17.5. The van der Waals surface area contributed by atoms with Gasteiger partial charge < -0.3 is 5.73 Å². The molecule has 0 fully saturated rings. The maximum absolute atomic E-state index is 12.8. The molecule has 0 atom stereocenters. The Kier molecular flexibility index (Phi) is 6.19. The molecule has 0 unspecified atom stereocenters. The van der Waals surface area contributed by atoms with Gasteiger partial charge in [-0.25, -0.2) is 8.42 Å². The molecule has 0 aliphatic rings. The molecule has 0 saturated heterocycles. The first-order valence-electron chi connectivity index (χ1n) is 7.20. The van der Waals surface area contributed by atoms with Crippen LogP contribution in [0.1, 0.15) is 38.3 Å². The van der Waals surface area contributed by atoms with Gasteiger partial charge in [-0.2, -0.15) is 9.57 Å². The van der Waals surface area contributed by atoms with Crippen molar-refractivity contribution in [1.82, 2.24) is 4.31 Å². The molecule has 0 saturated carbocycles. The summed E-state index contributed by atoms with van der Waals surface area (Å²) in [6.07, 6.45) is 1.46. The number of aryl methyl sites for hydroxylation is 1. The van der Waals surface area contributed by atoms with Gasteiger partial charge in [-0.1, -0.05) is 20.8 Å². The number of nitriles is 1. The maximum atomic E-state index is 12.8. The lowest BCUT2D eigenvalue weighted by atomic mass is 10.1. The SMILES string of the molecule is CCc1cc(N)c(CC)c(S(=O)(=O)N(CC)CCC#N)c1. The zero-order valence-electron chi connectivity index (χ0n) is 12.9. The Bertz CT molecular complexity index is 633. The highest BCUT2D eigenvalue weighted by Gasteiger charge is 2.26. The second-order valence-corrected chi connectivity index (χ2v) is 6.68. The minimum atomic E-state index is -3.62. The average Bonchev–Trinajstić information content (AvgIpc) is 2.46. The van der Waals surface area contributed by atoms with E-state index in [0.29, 0.717) is 24.2 Å². The van der Waals surface area contributed by atoms with Crippen molar-refractivity contribution in [2.75, 3.05) is 18.8 Å². The molecule has 2 N–H and O–H groups in total. The summed E-state index contributed by atoms with van der Waals surface area (Å²) in [7, 11) is -3.62. The molecular weight excluding hydrogens is 286 g/mol. The number of benzene rings is 1. The Morgan fingerprint density at radius 3 is 2.38 bits per heavy atom. The van der Waals surface area contributed by atoms with Crippen LogP contribution < -0.4 is 5.73 Å². The standard InChI is InChI=1S/C15H23N3O2S/c1-4-12-10-14(17)13(5-2)15(11-12)21(19,20)18(6-3)9-7-8-16/h10-11H,4-7,9,17H2,1-3H3. The van der Waals surface area contributed by atoms with Gasteiger partial charge in [0.05, 0.1) is 11.0 Å². The summed E-state index contributed by atoms with van der Waals surface area (Å²) < 4.78 is 27.0. The molecule has 0 amide bonds. The molecule has 0 heterocycles. The van der Waals surface area contributed by atoms with Crippen LogP contribution in [0.15, 0.2) is 17.0 Å². The van der Waals surface area contributed by atoms with Gasteiger partial charge in [0.25, 0.3) is 0 Å². The zero-order chi connectivity index (χ0) is 16.0. The third-order valence-corrected chi connectivity index (χ3v) is 5.55. The average molecular weight is 309 g/mol. The summed E-state index contributed by atoms with van der Waals surface area (Å²) in [5, 5.41) is 8.68. The Balaban J connectivity index is 3.41. The van der Waals surface area contributed by atoms with Crippen molar-refractivity contribution in [2.24, 2.45) is 0 Å². The Hall–Kier alpha value is -1.58. The van der Waals surface area contributed by atoms with E-state index in [1.807, 2.05) is 26.0 Å². The lowest BCUT2D eigenvalue weighted by molar-refractivity contribution is 0.434. The van der Waals surface area contributed by atoms with Crippen LogP contribution in [0.25, 0.3) is 0 Å². The fraction of sp³-hybridized carbons (Fsp3) is 0.533. The Labute approximate surface area is 127 Å². The molecule has 6 heteroatoms. The van der Waals surface area contributed by atoms with E-state index < -0.39 is 10.0 Å². The van der Waals surface area contributed by atoms with E-state index in [1.54, 1.807) is 13.0 Å². The molecule has 1 aromatic carbocycles. The fourth-order valence-electron chi connectivity index (χ4n) is 2.30. The van der Waals surface area contributed by atoms with Crippen molar-refractivity contribution in [3.63, 3.8) is 0 Å². The molecule has 1 aromatic rings. The lowest BCUT2D eigenvalue weighted by Gasteiger charge is -2.22. The predicted molar refractivity (Wildman–Crippen MR) is 84.3 cm³/mol. The topological polar surface area (TPSA) is 87.2 Å². The molecule has 0 bridgehead atoms. The second kappa shape index (κ2) is 7.43. The summed E-state index contributed by atoms with van der Waals surface area (Å²) in [5.41, 5.74) is 8.09. The third kappa shape index (κ3) is 3.74. The van der Waals surface area contributed by atoms with E-state index in [2.05, 4.69) is 0 Å². The van der Waals surface area contributed by atoms with E-state index >= 15 is 0 Å². The van der Waals surface area contributed by atoms with Crippen molar-refractivity contribution in [1.29, 1.82) is 5.26 Å². The highest BCUT2D eigenvalue weighted by molar-refractivity contribution is 7.89. The van der Waals surface area contributed by atoms with E-state index in [-0.39, 0.29) is 17.9 Å². The number of anilines is 1. The monoisotopic (exact) mass is 309 g/mol. The minimum absolute atomic E-state index is 0.178. The van der Waals surface area contributed by atoms with Gasteiger partial charge in [-0.3, -0.25) is 0 Å². The normalized spacial score (nSPS) is 11.6. The minimum Gasteiger partial charge on any atom is -0.398 e. The van der Waals surface area contributed by atoms with Crippen LogP contribution in [0.5, 0.6) is 0 Å². The van der Waals surface area contributed by atoms with Crippen molar-refractivity contribution >= 4 is 15.7 Å². The highest BCUT2D eigenvalue weighted by Crippen LogP contribution is 2.27. The van der Waals surface area contributed by atoms with Crippen molar-refractivity contribution < 1.29 is 8.42 Å². The first-order chi connectivity index (χ1) is 9.92. The van der Waals surface area contributed by atoms with E-state index in [9.17, 15) is 8.42 Å². The smallest absolute Gasteiger partial charge is 0.243 e. The number of nitrogens with zero attached hydrogens (tertiary/aromatic N) is 2.